The molecule has 0 N–H and O–H groups in total. The van der Waals surface area contributed by atoms with Gasteiger partial charge in [0.15, 0.2) is 0 Å². The van der Waals surface area contributed by atoms with E-state index < -0.39 is 0 Å². The van der Waals surface area contributed by atoms with E-state index in [1.807, 2.05) is 29.2 Å². The lowest BCUT2D eigenvalue weighted by molar-refractivity contribution is 0.495. The van der Waals surface area contributed by atoms with Crippen molar-refractivity contribution in [2.24, 2.45) is 0 Å². The predicted octanol–water partition coefficient (Wildman–Crippen LogP) is 3.31. The monoisotopic (exact) mass is 320 g/mol. The molecule has 2 aromatic heterocycles. The van der Waals surface area contributed by atoms with Gasteiger partial charge < -0.3 is 9.32 Å². The van der Waals surface area contributed by atoms with Crippen LogP contribution in [-0.2, 0) is 13.0 Å². The summed E-state index contributed by atoms with van der Waals surface area (Å²) in [6.07, 6.45) is 2.32. The van der Waals surface area contributed by atoms with Crippen LogP contribution >= 0.6 is 0 Å². The van der Waals surface area contributed by atoms with Gasteiger partial charge in [0.25, 0.3) is 0 Å². The van der Waals surface area contributed by atoms with Crippen LogP contribution in [0.4, 0.5) is 10.1 Å². The Bertz CT molecular complexity index is 930. The Morgan fingerprint density at radius 2 is 2.17 bits per heavy atom. The van der Waals surface area contributed by atoms with Gasteiger partial charge in [-0.2, -0.15) is 5.26 Å². The van der Waals surface area contributed by atoms with Gasteiger partial charge >= 0.3 is 0 Å². The Balaban J connectivity index is 1.65. The highest BCUT2D eigenvalue weighted by Crippen LogP contribution is 2.29. The summed E-state index contributed by atoms with van der Waals surface area (Å²) >= 11 is 0. The maximum absolute atomic E-state index is 14.1. The lowest BCUT2D eigenvalue weighted by atomic mass is 10.1. The summed E-state index contributed by atoms with van der Waals surface area (Å²) in [7, 11) is 0. The predicted molar refractivity (Wildman–Crippen MR) is 85.6 cm³/mol. The van der Waals surface area contributed by atoms with Crippen LogP contribution in [0, 0.1) is 17.1 Å². The molecular weight excluding hydrogens is 307 g/mol. The summed E-state index contributed by atoms with van der Waals surface area (Å²) in [5.74, 6) is 0.948. The number of pyridine rings is 1. The molecular formula is C18H13FN4O. The Kier molecular flexibility index (Phi) is 3.47. The first-order valence-corrected chi connectivity index (χ1v) is 7.59. The number of benzene rings is 1. The van der Waals surface area contributed by atoms with Gasteiger partial charge in [0, 0.05) is 19.2 Å². The molecule has 4 rings (SSSR count). The maximum Gasteiger partial charge on any atom is 0.245 e. The molecule has 0 saturated carbocycles. The van der Waals surface area contributed by atoms with Gasteiger partial charge in [0.05, 0.1) is 23.9 Å². The summed E-state index contributed by atoms with van der Waals surface area (Å²) in [4.78, 5) is 10.6. The van der Waals surface area contributed by atoms with E-state index in [4.69, 9.17) is 9.68 Å². The quantitative estimate of drug-likeness (QED) is 0.725. The molecule has 0 unspecified atom stereocenters. The number of nitrogens with zero attached hydrogens (tertiary/aromatic N) is 4. The number of halogens is 1. The van der Waals surface area contributed by atoms with Gasteiger partial charge in [0.2, 0.25) is 5.89 Å². The maximum atomic E-state index is 14.1. The largest absolute Gasteiger partial charge is 0.439 e. The summed E-state index contributed by atoms with van der Waals surface area (Å²) in [6, 6.07) is 12.0. The first kappa shape index (κ1) is 14.4. The molecule has 6 heteroatoms. The van der Waals surface area contributed by atoms with Gasteiger partial charge in [-0.3, -0.25) is 4.98 Å². The number of oxazole rings is 1. The fourth-order valence-corrected chi connectivity index (χ4v) is 2.83. The zero-order chi connectivity index (χ0) is 16.5. The topological polar surface area (TPSA) is 66.0 Å². The Labute approximate surface area is 138 Å². The van der Waals surface area contributed by atoms with Crippen LogP contribution in [0.3, 0.4) is 0 Å². The van der Waals surface area contributed by atoms with E-state index in [2.05, 4.69) is 9.97 Å². The second kappa shape index (κ2) is 5.78. The molecule has 24 heavy (non-hydrogen) atoms. The molecule has 0 amide bonds. The third-order valence-electron chi connectivity index (χ3n) is 4.03. The molecule has 1 aliphatic rings. The SMILES string of the molecule is N#Cc1ccc(F)c(N2CCc3oc(-c4ccccn4)nc3C2)c1. The summed E-state index contributed by atoms with van der Waals surface area (Å²) in [6.45, 7) is 1.05. The third kappa shape index (κ3) is 2.50. The molecule has 0 radical (unpaired) electrons. The highest BCUT2D eigenvalue weighted by atomic mass is 19.1. The molecule has 1 aromatic carbocycles. The fraction of sp³-hybridized carbons (Fsp3) is 0.167. The second-order valence-electron chi connectivity index (χ2n) is 5.55. The van der Waals surface area contributed by atoms with Crippen molar-refractivity contribution in [1.29, 1.82) is 5.26 Å². The number of anilines is 1. The van der Waals surface area contributed by atoms with Crippen molar-refractivity contribution in [1.82, 2.24) is 9.97 Å². The molecule has 0 fully saturated rings. The molecule has 0 saturated heterocycles. The minimum atomic E-state index is -0.342. The fourth-order valence-electron chi connectivity index (χ4n) is 2.83. The van der Waals surface area contributed by atoms with E-state index in [0.29, 0.717) is 42.3 Å². The zero-order valence-electron chi connectivity index (χ0n) is 12.7. The number of aromatic nitrogens is 2. The van der Waals surface area contributed by atoms with Gasteiger partial charge in [-0.15, -0.1) is 0 Å². The molecule has 0 bridgehead atoms. The van der Waals surface area contributed by atoms with Crippen LogP contribution in [-0.4, -0.2) is 16.5 Å². The van der Waals surface area contributed by atoms with E-state index >= 15 is 0 Å². The van der Waals surface area contributed by atoms with E-state index in [-0.39, 0.29) is 5.82 Å². The number of rotatable bonds is 2. The van der Waals surface area contributed by atoms with E-state index in [9.17, 15) is 4.39 Å². The van der Waals surface area contributed by atoms with Crippen molar-refractivity contribution in [3.63, 3.8) is 0 Å². The Morgan fingerprint density at radius 1 is 1.25 bits per heavy atom. The highest BCUT2D eigenvalue weighted by Gasteiger charge is 2.25. The zero-order valence-corrected chi connectivity index (χ0v) is 12.7. The van der Waals surface area contributed by atoms with Gasteiger partial charge in [-0.05, 0) is 30.3 Å². The Hall–Kier alpha value is -3.20. The van der Waals surface area contributed by atoms with Crippen LogP contribution in [0.15, 0.2) is 47.0 Å². The summed E-state index contributed by atoms with van der Waals surface area (Å²) in [5.41, 5.74) is 2.31. The van der Waals surface area contributed by atoms with Crippen LogP contribution < -0.4 is 4.90 Å². The summed E-state index contributed by atoms with van der Waals surface area (Å²) in [5, 5.41) is 9.01. The van der Waals surface area contributed by atoms with E-state index in [1.165, 1.54) is 12.1 Å². The number of nitriles is 1. The van der Waals surface area contributed by atoms with Crippen molar-refractivity contribution >= 4 is 5.69 Å². The van der Waals surface area contributed by atoms with Gasteiger partial charge in [-0.25, -0.2) is 9.37 Å². The van der Waals surface area contributed by atoms with Crippen LogP contribution in [0.25, 0.3) is 11.6 Å². The molecule has 3 heterocycles. The van der Waals surface area contributed by atoms with Crippen molar-refractivity contribution in [2.75, 3.05) is 11.4 Å². The lowest BCUT2D eigenvalue weighted by Gasteiger charge is -2.27. The standard InChI is InChI=1S/C18H13FN4O/c19-13-5-4-12(10-20)9-16(13)23-8-6-17-15(11-23)22-18(24-17)14-3-1-2-7-21-14/h1-5,7,9H,6,8,11H2. The molecule has 5 nitrogen and oxygen atoms in total. The molecule has 0 atom stereocenters. The van der Waals surface area contributed by atoms with Crippen molar-refractivity contribution in [3.8, 4) is 17.7 Å². The van der Waals surface area contributed by atoms with Crippen LogP contribution in [0.5, 0.6) is 0 Å². The highest BCUT2D eigenvalue weighted by molar-refractivity contribution is 5.54. The first-order valence-electron chi connectivity index (χ1n) is 7.59. The minimum Gasteiger partial charge on any atom is -0.439 e. The molecule has 118 valence electrons. The first-order chi connectivity index (χ1) is 11.7. The second-order valence-corrected chi connectivity index (χ2v) is 5.55. The minimum absolute atomic E-state index is 0.342. The molecule has 3 aromatic rings. The normalized spacial score (nSPS) is 13.4. The molecule has 1 aliphatic heterocycles. The van der Waals surface area contributed by atoms with Gasteiger partial charge in [-0.1, -0.05) is 6.07 Å². The van der Waals surface area contributed by atoms with Crippen molar-refractivity contribution in [2.45, 2.75) is 13.0 Å². The van der Waals surface area contributed by atoms with Crippen molar-refractivity contribution in [3.05, 3.63) is 65.4 Å². The number of hydrogen-bond donors (Lipinski definition) is 0. The average Bonchev–Trinajstić information content (AvgIpc) is 3.06. The van der Waals surface area contributed by atoms with E-state index in [0.717, 1.165) is 11.5 Å². The van der Waals surface area contributed by atoms with Crippen LogP contribution in [0.2, 0.25) is 0 Å². The summed E-state index contributed by atoms with van der Waals surface area (Å²) < 4.78 is 19.9. The van der Waals surface area contributed by atoms with Crippen LogP contribution in [0.1, 0.15) is 17.0 Å². The average molecular weight is 320 g/mol. The van der Waals surface area contributed by atoms with E-state index in [1.54, 1.807) is 12.3 Å². The smallest absolute Gasteiger partial charge is 0.245 e. The van der Waals surface area contributed by atoms with Gasteiger partial charge in [0.1, 0.15) is 23.0 Å². The lowest BCUT2D eigenvalue weighted by Crippen LogP contribution is -2.30. The number of hydrogen-bond acceptors (Lipinski definition) is 5. The molecule has 0 aliphatic carbocycles. The number of fused-ring (bicyclic) bond motifs is 1. The Morgan fingerprint density at radius 3 is 2.96 bits per heavy atom. The molecule has 0 spiro atoms. The van der Waals surface area contributed by atoms with Crippen molar-refractivity contribution < 1.29 is 8.81 Å². The third-order valence-corrected chi connectivity index (χ3v) is 4.03.